The summed E-state index contributed by atoms with van der Waals surface area (Å²) < 4.78 is 14.1. The van der Waals surface area contributed by atoms with Gasteiger partial charge in [-0.15, -0.1) is 0 Å². The first-order valence-corrected chi connectivity index (χ1v) is 8.96. The van der Waals surface area contributed by atoms with Crippen molar-refractivity contribution < 1.29 is 14.3 Å². The number of phenolic OH excluding ortho intramolecular Hbond substituents is 1. The van der Waals surface area contributed by atoms with Crippen LogP contribution in [0.2, 0.25) is 5.02 Å². The number of hydrogen-bond donors (Lipinski definition) is 1. The van der Waals surface area contributed by atoms with Gasteiger partial charge in [-0.3, -0.25) is 4.79 Å². The van der Waals surface area contributed by atoms with E-state index >= 15 is 0 Å². The first-order chi connectivity index (χ1) is 12.0. The first-order valence-electron chi connectivity index (χ1n) is 8.58. The molecule has 1 atom stereocenters. The molecule has 0 aliphatic carbocycles. The predicted molar refractivity (Wildman–Crippen MR) is 96.5 cm³/mol. The number of aromatic hydroxyl groups is 1. The first kappa shape index (κ1) is 17.7. The van der Waals surface area contributed by atoms with Crippen molar-refractivity contribution in [2.24, 2.45) is 0 Å². The van der Waals surface area contributed by atoms with E-state index in [0.717, 1.165) is 37.7 Å². The lowest BCUT2D eigenvalue weighted by atomic mass is 9.95. The number of carbonyl (C=O) groups excluding carboxylic acids is 1. The van der Waals surface area contributed by atoms with Crippen LogP contribution in [0.3, 0.4) is 0 Å². The molecule has 3 rings (SSSR count). The lowest BCUT2D eigenvalue weighted by Gasteiger charge is -2.36. The maximum Gasteiger partial charge on any atom is 0.257 e. The maximum absolute atomic E-state index is 14.1. The van der Waals surface area contributed by atoms with Crippen LogP contribution >= 0.6 is 11.6 Å². The van der Waals surface area contributed by atoms with Crippen LogP contribution in [0, 0.1) is 5.82 Å². The Hall–Kier alpha value is -2.07. The van der Waals surface area contributed by atoms with E-state index in [9.17, 15) is 14.3 Å². The van der Waals surface area contributed by atoms with E-state index in [-0.39, 0.29) is 28.3 Å². The van der Waals surface area contributed by atoms with Gasteiger partial charge in [0.1, 0.15) is 11.6 Å². The second-order valence-corrected chi connectivity index (χ2v) is 6.92. The van der Waals surface area contributed by atoms with Crippen molar-refractivity contribution in [2.45, 2.75) is 38.1 Å². The normalized spacial score (nSPS) is 17.5. The Kier molecular flexibility index (Phi) is 5.59. The van der Waals surface area contributed by atoms with Crippen LogP contribution in [0.25, 0.3) is 0 Å². The molecule has 0 unspecified atom stereocenters. The molecular weight excluding hydrogens is 341 g/mol. The van der Waals surface area contributed by atoms with Crippen molar-refractivity contribution in [3.05, 3.63) is 64.4 Å². The van der Waals surface area contributed by atoms with Crippen LogP contribution in [-0.2, 0) is 6.42 Å². The van der Waals surface area contributed by atoms with Gasteiger partial charge in [0.25, 0.3) is 5.91 Å². The minimum Gasteiger partial charge on any atom is -0.508 e. The molecule has 0 bridgehead atoms. The molecule has 3 nitrogen and oxygen atoms in total. The Bertz CT molecular complexity index is 765. The van der Waals surface area contributed by atoms with Gasteiger partial charge in [0.2, 0.25) is 0 Å². The number of likely N-dealkylation sites (tertiary alicyclic amines) is 1. The van der Waals surface area contributed by atoms with E-state index in [0.29, 0.717) is 6.54 Å². The van der Waals surface area contributed by atoms with Crippen molar-refractivity contribution in [1.82, 2.24) is 4.90 Å². The van der Waals surface area contributed by atoms with Crippen LogP contribution in [0.15, 0.2) is 42.5 Å². The number of aryl methyl sites for hydroxylation is 1. The van der Waals surface area contributed by atoms with Gasteiger partial charge in [0.05, 0.1) is 5.56 Å². The topological polar surface area (TPSA) is 40.5 Å². The summed E-state index contributed by atoms with van der Waals surface area (Å²) >= 11 is 5.78. The van der Waals surface area contributed by atoms with Gasteiger partial charge in [0, 0.05) is 17.6 Å². The molecular formula is C20H21ClFNO2. The van der Waals surface area contributed by atoms with Crippen molar-refractivity contribution in [2.75, 3.05) is 6.54 Å². The van der Waals surface area contributed by atoms with Gasteiger partial charge in [-0.25, -0.2) is 4.39 Å². The van der Waals surface area contributed by atoms with Gasteiger partial charge < -0.3 is 10.0 Å². The Morgan fingerprint density at radius 3 is 2.84 bits per heavy atom. The molecule has 1 aliphatic rings. The second kappa shape index (κ2) is 7.87. The highest BCUT2D eigenvalue weighted by molar-refractivity contribution is 6.30. The molecule has 1 heterocycles. The Morgan fingerprint density at radius 1 is 1.24 bits per heavy atom. The lowest BCUT2D eigenvalue weighted by molar-refractivity contribution is 0.0597. The number of amides is 1. The molecule has 0 radical (unpaired) electrons. The highest BCUT2D eigenvalue weighted by atomic mass is 35.5. The highest BCUT2D eigenvalue weighted by Crippen LogP contribution is 2.25. The molecule has 1 fully saturated rings. The van der Waals surface area contributed by atoms with Crippen molar-refractivity contribution in [3.63, 3.8) is 0 Å². The number of piperidine rings is 1. The van der Waals surface area contributed by atoms with Gasteiger partial charge in [0.15, 0.2) is 0 Å². The molecule has 1 aliphatic heterocycles. The van der Waals surface area contributed by atoms with E-state index in [1.165, 1.54) is 12.1 Å². The molecule has 0 spiro atoms. The smallest absolute Gasteiger partial charge is 0.257 e. The largest absolute Gasteiger partial charge is 0.508 e. The number of nitrogens with zero attached hydrogens (tertiary/aromatic N) is 1. The predicted octanol–water partition coefficient (Wildman–Crippen LogP) is 4.81. The maximum atomic E-state index is 14.1. The van der Waals surface area contributed by atoms with E-state index in [2.05, 4.69) is 0 Å². The van der Waals surface area contributed by atoms with E-state index in [4.69, 9.17) is 11.6 Å². The molecule has 1 amide bonds. The average Bonchev–Trinajstić information content (AvgIpc) is 2.60. The highest BCUT2D eigenvalue weighted by Gasteiger charge is 2.28. The van der Waals surface area contributed by atoms with Crippen LogP contribution in [-0.4, -0.2) is 28.5 Å². The monoisotopic (exact) mass is 361 g/mol. The molecule has 2 aromatic rings. The fourth-order valence-corrected chi connectivity index (χ4v) is 3.59. The standard InChI is InChI=1S/C20H21ClFNO2/c21-15-8-10-18(19(22)13-15)20(25)23-11-2-1-5-16(23)9-7-14-4-3-6-17(24)12-14/h3-4,6,8,10,12-13,16,24H,1-2,5,7,9,11H2/t16-/m0/s1. The van der Waals surface area contributed by atoms with Crippen LogP contribution in [0.4, 0.5) is 4.39 Å². The SMILES string of the molecule is O=C(c1ccc(Cl)cc1F)N1CCCC[C@H]1CCc1cccc(O)c1. The average molecular weight is 362 g/mol. The van der Waals surface area contributed by atoms with Gasteiger partial charge in [-0.1, -0.05) is 23.7 Å². The third kappa shape index (κ3) is 4.31. The number of phenols is 1. The van der Waals surface area contributed by atoms with E-state index in [1.807, 2.05) is 12.1 Å². The summed E-state index contributed by atoms with van der Waals surface area (Å²) in [7, 11) is 0. The number of rotatable bonds is 4. The van der Waals surface area contributed by atoms with Gasteiger partial charge in [-0.2, -0.15) is 0 Å². The number of halogens is 2. The van der Waals surface area contributed by atoms with E-state index < -0.39 is 5.82 Å². The summed E-state index contributed by atoms with van der Waals surface area (Å²) in [5.74, 6) is -0.595. The Balaban J connectivity index is 1.73. The molecule has 25 heavy (non-hydrogen) atoms. The van der Waals surface area contributed by atoms with Crippen LogP contribution < -0.4 is 0 Å². The number of hydrogen-bond acceptors (Lipinski definition) is 2. The zero-order valence-corrected chi connectivity index (χ0v) is 14.7. The number of carbonyl (C=O) groups is 1. The second-order valence-electron chi connectivity index (χ2n) is 6.48. The third-order valence-electron chi connectivity index (χ3n) is 4.73. The molecule has 132 valence electrons. The van der Waals surface area contributed by atoms with E-state index in [1.54, 1.807) is 23.1 Å². The summed E-state index contributed by atoms with van der Waals surface area (Å²) in [6.07, 6.45) is 4.48. The van der Waals surface area contributed by atoms with Gasteiger partial charge in [-0.05, 0) is 68.0 Å². The van der Waals surface area contributed by atoms with Crippen molar-refractivity contribution in [1.29, 1.82) is 0 Å². The molecule has 5 heteroatoms. The fourth-order valence-electron chi connectivity index (χ4n) is 3.43. The van der Waals surface area contributed by atoms with Crippen molar-refractivity contribution in [3.8, 4) is 5.75 Å². The summed E-state index contributed by atoms with van der Waals surface area (Å²) in [6.45, 7) is 0.644. The van der Waals surface area contributed by atoms with Crippen LogP contribution in [0.1, 0.15) is 41.6 Å². The summed E-state index contributed by atoms with van der Waals surface area (Å²) in [6, 6.07) is 11.4. The molecule has 1 saturated heterocycles. The fraction of sp³-hybridized carbons (Fsp3) is 0.350. The molecule has 0 aromatic heterocycles. The summed E-state index contributed by atoms with van der Waals surface area (Å²) in [5.41, 5.74) is 1.12. The Labute approximate surface area is 152 Å². The molecule has 0 saturated carbocycles. The molecule has 2 aromatic carbocycles. The lowest BCUT2D eigenvalue weighted by Crippen LogP contribution is -2.44. The van der Waals surface area contributed by atoms with Crippen molar-refractivity contribution >= 4 is 17.5 Å². The minimum absolute atomic E-state index is 0.0775. The minimum atomic E-state index is -0.574. The third-order valence-corrected chi connectivity index (χ3v) is 4.96. The van der Waals surface area contributed by atoms with Gasteiger partial charge >= 0.3 is 0 Å². The summed E-state index contributed by atoms with van der Waals surface area (Å²) in [5, 5.41) is 9.86. The quantitative estimate of drug-likeness (QED) is 0.848. The zero-order valence-electron chi connectivity index (χ0n) is 13.9. The van der Waals surface area contributed by atoms with Crippen LogP contribution in [0.5, 0.6) is 5.75 Å². The number of benzene rings is 2. The Morgan fingerprint density at radius 2 is 2.08 bits per heavy atom. The molecule has 1 N–H and O–H groups in total. The zero-order chi connectivity index (χ0) is 17.8. The summed E-state index contributed by atoms with van der Waals surface area (Å²) in [4.78, 5) is 14.6.